The molecular weight excluding hydrogens is 172 g/mol. The standard InChI is InChI=1S/C13H18O/c1-10-3-4-12-8-13(2,9-14)6-5-11(12)7-10/h3-4,7,14H,5-6,8-9H2,1-2H3. The first-order valence-electron chi connectivity index (χ1n) is 5.32. The van der Waals surface area contributed by atoms with E-state index in [1.807, 2.05) is 0 Å². The number of benzene rings is 1. The zero-order chi connectivity index (χ0) is 10.2. The molecule has 1 aromatic rings. The molecule has 0 amide bonds. The van der Waals surface area contributed by atoms with E-state index in [0.29, 0.717) is 6.61 Å². The highest BCUT2D eigenvalue weighted by Crippen LogP contribution is 2.34. The van der Waals surface area contributed by atoms with Gasteiger partial charge in [0.05, 0.1) is 0 Å². The summed E-state index contributed by atoms with van der Waals surface area (Å²) in [7, 11) is 0. The summed E-state index contributed by atoms with van der Waals surface area (Å²) >= 11 is 0. The Balaban J connectivity index is 2.31. The van der Waals surface area contributed by atoms with Crippen LogP contribution < -0.4 is 0 Å². The maximum atomic E-state index is 9.33. The van der Waals surface area contributed by atoms with Crippen molar-refractivity contribution in [3.8, 4) is 0 Å². The molecule has 0 aromatic heterocycles. The molecule has 0 heterocycles. The molecule has 0 radical (unpaired) electrons. The van der Waals surface area contributed by atoms with Crippen molar-refractivity contribution in [2.45, 2.75) is 33.1 Å². The van der Waals surface area contributed by atoms with E-state index in [0.717, 1.165) is 19.3 Å². The second-order valence-electron chi connectivity index (χ2n) is 4.92. The van der Waals surface area contributed by atoms with Crippen molar-refractivity contribution in [3.05, 3.63) is 34.9 Å². The largest absolute Gasteiger partial charge is 0.396 e. The number of hydrogen-bond acceptors (Lipinski definition) is 1. The smallest absolute Gasteiger partial charge is 0.0488 e. The molecule has 0 aliphatic heterocycles. The van der Waals surface area contributed by atoms with Gasteiger partial charge < -0.3 is 5.11 Å². The molecule has 0 spiro atoms. The first kappa shape index (κ1) is 9.72. The molecule has 1 nitrogen and oxygen atoms in total. The lowest BCUT2D eigenvalue weighted by molar-refractivity contribution is 0.127. The zero-order valence-corrected chi connectivity index (χ0v) is 9.01. The fourth-order valence-electron chi connectivity index (χ4n) is 2.28. The van der Waals surface area contributed by atoms with Crippen LogP contribution in [0.3, 0.4) is 0 Å². The van der Waals surface area contributed by atoms with E-state index in [2.05, 4.69) is 32.0 Å². The third-order valence-electron chi connectivity index (χ3n) is 3.36. The fourth-order valence-corrected chi connectivity index (χ4v) is 2.28. The minimum absolute atomic E-state index is 0.113. The highest BCUT2D eigenvalue weighted by Gasteiger charge is 2.28. The quantitative estimate of drug-likeness (QED) is 0.721. The van der Waals surface area contributed by atoms with Crippen molar-refractivity contribution < 1.29 is 5.11 Å². The summed E-state index contributed by atoms with van der Waals surface area (Å²) in [6, 6.07) is 6.67. The Bertz CT molecular complexity index is 343. The Morgan fingerprint density at radius 1 is 1.36 bits per heavy atom. The van der Waals surface area contributed by atoms with Crippen molar-refractivity contribution in [3.63, 3.8) is 0 Å². The number of aryl methyl sites for hydroxylation is 2. The second-order valence-corrected chi connectivity index (χ2v) is 4.92. The summed E-state index contributed by atoms with van der Waals surface area (Å²) < 4.78 is 0. The van der Waals surface area contributed by atoms with Gasteiger partial charge in [0.2, 0.25) is 0 Å². The van der Waals surface area contributed by atoms with Gasteiger partial charge in [0.15, 0.2) is 0 Å². The van der Waals surface area contributed by atoms with Crippen LogP contribution >= 0.6 is 0 Å². The van der Waals surface area contributed by atoms with Gasteiger partial charge in [-0.2, -0.15) is 0 Å². The van der Waals surface area contributed by atoms with Gasteiger partial charge in [-0.3, -0.25) is 0 Å². The van der Waals surface area contributed by atoms with Crippen LogP contribution in [-0.4, -0.2) is 11.7 Å². The number of hydrogen-bond donors (Lipinski definition) is 1. The van der Waals surface area contributed by atoms with Crippen LogP contribution in [0.2, 0.25) is 0 Å². The van der Waals surface area contributed by atoms with Gasteiger partial charge in [-0.1, -0.05) is 30.7 Å². The topological polar surface area (TPSA) is 20.2 Å². The molecule has 1 aliphatic rings. The molecule has 0 fully saturated rings. The molecule has 0 saturated carbocycles. The Morgan fingerprint density at radius 2 is 2.14 bits per heavy atom. The van der Waals surface area contributed by atoms with Gasteiger partial charge >= 0.3 is 0 Å². The predicted molar refractivity (Wildman–Crippen MR) is 58.4 cm³/mol. The van der Waals surface area contributed by atoms with Crippen LogP contribution in [0, 0.1) is 12.3 Å². The van der Waals surface area contributed by atoms with Gasteiger partial charge in [0.25, 0.3) is 0 Å². The van der Waals surface area contributed by atoms with Crippen molar-refractivity contribution in [2.24, 2.45) is 5.41 Å². The highest BCUT2D eigenvalue weighted by molar-refractivity contribution is 5.34. The molecule has 1 aromatic carbocycles. The second kappa shape index (κ2) is 3.39. The number of aliphatic hydroxyl groups is 1. The number of aliphatic hydroxyl groups excluding tert-OH is 1. The molecule has 0 saturated heterocycles. The van der Waals surface area contributed by atoms with E-state index >= 15 is 0 Å². The predicted octanol–water partition coefficient (Wildman–Crippen LogP) is 2.48. The van der Waals surface area contributed by atoms with Crippen molar-refractivity contribution in [1.82, 2.24) is 0 Å². The highest BCUT2D eigenvalue weighted by atomic mass is 16.3. The van der Waals surface area contributed by atoms with Gasteiger partial charge in [0.1, 0.15) is 0 Å². The maximum absolute atomic E-state index is 9.33. The zero-order valence-electron chi connectivity index (χ0n) is 9.01. The Labute approximate surface area is 85.8 Å². The minimum Gasteiger partial charge on any atom is -0.396 e. The molecule has 14 heavy (non-hydrogen) atoms. The summed E-state index contributed by atoms with van der Waals surface area (Å²) in [6.07, 6.45) is 3.26. The summed E-state index contributed by atoms with van der Waals surface area (Å²) in [5.74, 6) is 0. The van der Waals surface area contributed by atoms with Crippen LogP contribution in [-0.2, 0) is 12.8 Å². The van der Waals surface area contributed by atoms with E-state index in [1.165, 1.54) is 16.7 Å². The van der Waals surface area contributed by atoms with Crippen molar-refractivity contribution in [1.29, 1.82) is 0 Å². The molecule has 2 rings (SSSR count). The van der Waals surface area contributed by atoms with E-state index in [4.69, 9.17) is 0 Å². The first-order chi connectivity index (χ1) is 6.63. The third-order valence-corrected chi connectivity index (χ3v) is 3.36. The van der Waals surface area contributed by atoms with Crippen LogP contribution in [0.25, 0.3) is 0 Å². The molecule has 1 N–H and O–H groups in total. The van der Waals surface area contributed by atoms with E-state index in [1.54, 1.807) is 0 Å². The molecular formula is C13H18O. The minimum atomic E-state index is 0.113. The lowest BCUT2D eigenvalue weighted by Crippen LogP contribution is -2.29. The number of fused-ring (bicyclic) bond motifs is 1. The van der Waals surface area contributed by atoms with Gasteiger partial charge in [-0.05, 0) is 42.7 Å². The van der Waals surface area contributed by atoms with E-state index in [-0.39, 0.29) is 5.41 Å². The Morgan fingerprint density at radius 3 is 2.86 bits per heavy atom. The summed E-state index contributed by atoms with van der Waals surface area (Å²) in [5, 5.41) is 9.33. The Hall–Kier alpha value is -0.820. The van der Waals surface area contributed by atoms with Crippen LogP contribution in [0.5, 0.6) is 0 Å². The first-order valence-corrected chi connectivity index (χ1v) is 5.32. The number of rotatable bonds is 1. The van der Waals surface area contributed by atoms with Crippen LogP contribution in [0.1, 0.15) is 30.0 Å². The van der Waals surface area contributed by atoms with E-state index in [9.17, 15) is 5.11 Å². The normalized spacial score (nSPS) is 25.9. The van der Waals surface area contributed by atoms with Gasteiger partial charge in [-0.25, -0.2) is 0 Å². The lowest BCUT2D eigenvalue weighted by Gasteiger charge is -2.33. The fraction of sp³-hybridized carbons (Fsp3) is 0.538. The molecule has 1 atom stereocenters. The van der Waals surface area contributed by atoms with Crippen molar-refractivity contribution >= 4 is 0 Å². The SMILES string of the molecule is Cc1ccc2c(c1)CCC(C)(CO)C2. The van der Waals surface area contributed by atoms with Crippen LogP contribution in [0.15, 0.2) is 18.2 Å². The molecule has 1 aliphatic carbocycles. The Kier molecular flexibility index (Phi) is 2.36. The summed E-state index contributed by atoms with van der Waals surface area (Å²) in [4.78, 5) is 0. The lowest BCUT2D eigenvalue weighted by atomic mass is 9.73. The molecule has 76 valence electrons. The van der Waals surface area contributed by atoms with Gasteiger partial charge in [0, 0.05) is 6.61 Å². The van der Waals surface area contributed by atoms with Gasteiger partial charge in [-0.15, -0.1) is 0 Å². The maximum Gasteiger partial charge on any atom is 0.0488 e. The monoisotopic (exact) mass is 190 g/mol. The summed E-state index contributed by atoms with van der Waals surface area (Å²) in [5.41, 5.74) is 4.37. The molecule has 1 heteroatoms. The van der Waals surface area contributed by atoms with E-state index < -0.39 is 0 Å². The molecule has 0 bridgehead atoms. The van der Waals surface area contributed by atoms with Crippen molar-refractivity contribution in [2.75, 3.05) is 6.61 Å². The average Bonchev–Trinajstić information content (AvgIpc) is 2.19. The third kappa shape index (κ3) is 1.69. The average molecular weight is 190 g/mol. The molecule has 1 unspecified atom stereocenters. The van der Waals surface area contributed by atoms with Crippen LogP contribution in [0.4, 0.5) is 0 Å². The summed E-state index contributed by atoms with van der Waals surface area (Å²) in [6.45, 7) is 4.62.